The molecule has 6 heteroatoms. The van der Waals surface area contributed by atoms with Crippen LogP contribution in [0.2, 0.25) is 0 Å². The predicted octanol–water partition coefficient (Wildman–Crippen LogP) is -2.28. The Labute approximate surface area is 82.7 Å². The first-order valence-corrected chi connectivity index (χ1v) is 4.25. The van der Waals surface area contributed by atoms with E-state index in [2.05, 4.69) is 4.74 Å². The largest absolute Gasteiger partial charge is 0.394 e. The van der Waals surface area contributed by atoms with Crippen molar-refractivity contribution >= 4 is 0 Å². The molecule has 0 amide bonds. The van der Waals surface area contributed by atoms with Gasteiger partial charge >= 0.3 is 0 Å². The van der Waals surface area contributed by atoms with Crippen LogP contribution in [0.15, 0.2) is 0 Å². The summed E-state index contributed by atoms with van der Waals surface area (Å²) in [6, 6.07) is 0. The molecule has 0 aromatic carbocycles. The van der Waals surface area contributed by atoms with Crippen molar-refractivity contribution in [1.82, 2.24) is 0 Å². The van der Waals surface area contributed by atoms with Crippen molar-refractivity contribution in [2.45, 2.75) is 24.4 Å². The van der Waals surface area contributed by atoms with Crippen molar-refractivity contribution in [1.29, 1.82) is 0 Å². The van der Waals surface area contributed by atoms with Crippen LogP contribution in [0.3, 0.4) is 0 Å². The quantitative estimate of drug-likeness (QED) is 0.378. The van der Waals surface area contributed by atoms with Gasteiger partial charge in [0, 0.05) is 14.2 Å². The fourth-order valence-electron chi connectivity index (χ4n) is 1.12. The number of hydrogen-bond acceptors (Lipinski definition) is 6. The molecule has 0 fully saturated rings. The Kier molecular flexibility index (Phi) is 6.98. The summed E-state index contributed by atoms with van der Waals surface area (Å²) in [5.74, 6) is 0. The second-order valence-electron chi connectivity index (χ2n) is 2.96. The summed E-state index contributed by atoms with van der Waals surface area (Å²) in [6.45, 7) is -0.617. The van der Waals surface area contributed by atoms with Gasteiger partial charge in [0.05, 0.1) is 13.2 Å². The Hall–Kier alpha value is -0.240. The summed E-state index contributed by atoms with van der Waals surface area (Å²) in [4.78, 5) is 0. The normalized spacial score (nSPS) is 20.1. The van der Waals surface area contributed by atoms with Crippen LogP contribution in [0.1, 0.15) is 0 Å². The lowest BCUT2D eigenvalue weighted by molar-refractivity contribution is -0.139. The number of methoxy groups -OCH3 is 2. The third-order valence-electron chi connectivity index (χ3n) is 1.91. The maximum Gasteiger partial charge on any atom is 0.114 e. The molecule has 0 aliphatic carbocycles. The third-order valence-corrected chi connectivity index (χ3v) is 1.91. The van der Waals surface area contributed by atoms with Gasteiger partial charge < -0.3 is 29.9 Å². The van der Waals surface area contributed by atoms with Crippen LogP contribution < -0.4 is 0 Å². The molecule has 0 unspecified atom stereocenters. The minimum atomic E-state index is -1.35. The summed E-state index contributed by atoms with van der Waals surface area (Å²) in [5, 5.41) is 36.5. The lowest BCUT2D eigenvalue weighted by Crippen LogP contribution is -2.48. The molecule has 0 aliphatic rings. The van der Waals surface area contributed by atoms with Crippen molar-refractivity contribution < 1.29 is 29.9 Å². The lowest BCUT2D eigenvalue weighted by atomic mass is 10.0. The minimum absolute atomic E-state index is 0.0201. The van der Waals surface area contributed by atoms with E-state index < -0.39 is 31.0 Å². The third kappa shape index (κ3) is 3.87. The molecule has 0 saturated heterocycles. The van der Waals surface area contributed by atoms with Crippen molar-refractivity contribution in [3.63, 3.8) is 0 Å². The SMILES string of the molecule is COC[C@@H](O)[C@H](OC)[C@H](O)[C@H](O)CO. The zero-order valence-corrected chi connectivity index (χ0v) is 8.33. The smallest absolute Gasteiger partial charge is 0.114 e. The number of aliphatic hydroxyl groups excluding tert-OH is 4. The maximum atomic E-state index is 9.42. The Morgan fingerprint density at radius 3 is 2.00 bits per heavy atom. The van der Waals surface area contributed by atoms with Crippen molar-refractivity contribution in [2.24, 2.45) is 0 Å². The highest BCUT2D eigenvalue weighted by molar-refractivity contribution is 4.81. The Morgan fingerprint density at radius 1 is 1.07 bits per heavy atom. The molecule has 14 heavy (non-hydrogen) atoms. The van der Waals surface area contributed by atoms with Gasteiger partial charge in [0.15, 0.2) is 0 Å². The highest BCUT2D eigenvalue weighted by Crippen LogP contribution is 2.08. The average Bonchev–Trinajstić information content (AvgIpc) is 2.18. The van der Waals surface area contributed by atoms with Crippen molar-refractivity contribution in [2.75, 3.05) is 27.4 Å². The number of ether oxygens (including phenoxy) is 2. The van der Waals surface area contributed by atoms with Crippen LogP contribution in [-0.4, -0.2) is 72.3 Å². The van der Waals surface area contributed by atoms with Crippen LogP contribution in [0.4, 0.5) is 0 Å². The molecule has 0 radical (unpaired) electrons. The molecular weight excluding hydrogens is 192 g/mol. The van der Waals surface area contributed by atoms with Gasteiger partial charge in [-0.1, -0.05) is 0 Å². The minimum Gasteiger partial charge on any atom is -0.394 e. The summed E-state index contributed by atoms with van der Waals surface area (Å²) in [5.41, 5.74) is 0. The monoisotopic (exact) mass is 210 g/mol. The maximum absolute atomic E-state index is 9.42. The molecule has 0 aromatic heterocycles. The number of aliphatic hydroxyl groups is 4. The molecule has 0 bridgehead atoms. The summed E-state index contributed by atoms with van der Waals surface area (Å²) in [7, 11) is 2.68. The highest BCUT2D eigenvalue weighted by Gasteiger charge is 2.31. The molecule has 0 spiro atoms. The molecule has 6 nitrogen and oxygen atoms in total. The lowest BCUT2D eigenvalue weighted by Gasteiger charge is -2.28. The molecular formula is C8H18O6. The van der Waals surface area contributed by atoms with E-state index in [-0.39, 0.29) is 6.61 Å². The second-order valence-corrected chi connectivity index (χ2v) is 2.96. The van der Waals surface area contributed by atoms with E-state index in [1.54, 1.807) is 0 Å². The van der Waals surface area contributed by atoms with E-state index in [1.807, 2.05) is 0 Å². The zero-order valence-electron chi connectivity index (χ0n) is 8.33. The molecule has 0 saturated carbocycles. The van der Waals surface area contributed by atoms with Gasteiger partial charge in [0.2, 0.25) is 0 Å². The van der Waals surface area contributed by atoms with Gasteiger partial charge in [0.1, 0.15) is 24.4 Å². The zero-order chi connectivity index (χ0) is 11.1. The van der Waals surface area contributed by atoms with Crippen LogP contribution >= 0.6 is 0 Å². The van der Waals surface area contributed by atoms with E-state index >= 15 is 0 Å². The van der Waals surface area contributed by atoms with Gasteiger partial charge in [-0.25, -0.2) is 0 Å². The summed E-state index contributed by atoms with van der Waals surface area (Å²) in [6.07, 6.45) is -4.74. The molecule has 0 aliphatic heterocycles. The first kappa shape index (κ1) is 13.8. The number of rotatable bonds is 7. The summed E-state index contributed by atoms with van der Waals surface area (Å²) < 4.78 is 9.46. The standard InChI is InChI=1S/C8H18O6/c1-13-4-6(11)8(14-2)7(12)5(10)3-9/h5-12H,3-4H2,1-2H3/t5-,6-,7-,8+/m1/s1. The van der Waals surface area contributed by atoms with Gasteiger partial charge in [-0.3, -0.25) is 0 Å². The van der Waals surface area contributed by atoms with E-state index in [9.17, 15) is 10.2 Å². The van der Waals surface area contributed by atoms with E-state index in [0.717, 1.165) is 0 Å². The molecule has 4 atom stereocenters. The average molecular weight is 210 g/mol. The number of hydrogen-bond donors (Lipinski definition) is 4. The molecule has 4 N–H and O–H groups in total. The first-order chi connectivity index (χ1) is 6.58. The Morgan fingerprint density at radius 2 is 1.64 bits per heavy atom. The molecule has 86 valence electrons. The van der Waals surface area contributed by atoms with Crippen LogP contribution in [0.5, 0.6) is 0 Å². The van der Waals surface area contributed by atoms with E-state index in [1.165, 1.54) is 14.2 Å². The Bertz CT molecular complexity index is 142. The predicted molar refractivity (Wildman–Crippen MR) is 47.8 cm³/mol. The fraction of sp³-hybridized carbons (Fsp3) is 1.00. The highest BCUT2D eigenvalue weighted by atomic mass is 16.5. The van der Waals surface area contributed by atoms with Crippen LogP contribution in [0.25, 0.3) is 0 Å². The molecule has 0 aromatic rings. The van der Waals surface area contributed by atoms with E-state index in [4.69, 9.17) is 14.9 Å². The summed E-state index contributed by atoms with van der Waals surface area (Å²) >= 11 is 0. The fourth-order valence-corrected chi connectivity index (χ4v) is 1.12. The van der Waals surface area contributed by atoms with Gasteiger partial charge in [-0.2, -0.15) is 0 Å². The van der Waals surface area contributed by atoms with Crippen LogP contribution in [0, 0.1) is 0 Å². The van der Waals surface area contributed by atoms with Gasteiger partial charge in [-0.15, -0.1) is 0 Å². The van der Waals surface area contributed by atoms with Crippen molar-refractivity contribution in [3.05, 3.63) is 0 Å². The Balaban J connectivity index is 4.23. The topological polar surface area (TPSA) is 99.4 Å². The first-order valence-electron chi connectivity index (χ1n) is 4.25. The van der Waals surface area contributed by atoms with Gasteiger partial charge in [0.25, 0.3) is 0 Å². The van der Waals surface area contributed by atoms with E-state index in [0.29, 0.717) is 0 Å². The second kappa shape index (κ2) is 7.10. The van der Waals surface area contributed by atoms with Crippen LogP contribution in [-0.2, 0) is 9.47 Å². The van der Waals surface area contributed by atoms with Gasteiger partial charge in [-0.05, 0) is 0 Å². The van der Waals surface area contributed by atoms with Crippen molar-refractivity contribution in [3.8, 4) is 0 Å². The molecule has 0 rings (SSSR count). The molecule has 0 heterocycles.